The van der Waals surface area contributed by atoms with Gasteiger partial charge in [-0.3, -0.25) is 4.79 Å². The third-order valence-corrected chi connectivity index (χ3v) is 4.04. The van der Waals surface area contributed by atoms with Crippen molar-refractivity contribution in [2.75, 3.05) is 13.6 Å². The normalized spacial score (nSPS) is 15.6. The van der Waals surface area contributed by atoms with Crippen LogP contribution in [-0.4, -0.2) is 29.5 Å². The lowest BCUT2D eigenvalue weighted by Crippen LogP contribution is -2.45. The minimum atomic E-state index is -0.548. The summed E-state index contributed by atoms with van der Waals surface area (Å²) in [6.45, 7) is 6.06. The van der Waals surface area contributed by atoms with Gasteiger partial charge in [0.15, 0.2) is 0 Å². The van der Waals surface area contributed by atoms with E-state index in [1.165, 1.54) is 0 Å². The van der Waals surface area contributed by atoms with E-state index < -0.39 is 5.41 Å². The molecule has 3 N–H and O–H groups in total. The molecule has 1 aromatic rings. The second kappa shape index (κ2) is 6.06. The topological polar surface area (TPSA) is 66.6 Å². The summed E-state index contributed by atoms with van der Waals surface area (Å²) in [7, 11) is 1.75. The molecule has 1 aromatic carbocycles. The first-order valence-corrected chi connectivity index (χ1v) is 6.62. The smallest absolute Gasteiger partial charge is 0.230 e. The van der Waals surface area contributed by atoms with E-state index in [4.69, 9.17) is 5.73 Å². The Labute approximate surface area is 115 Å². The van der Waals surface area contributed by atoms with E-state index in [-0.39, 0.29) is 17.7 Å². The molecule has 0 spiro atoms. The van der Waals surface area contributed by atoms with Crippen LogP contribution in [0.15, 0.2) is 24.3 Å². The molecule has 0 bridgehead atoms. The maximum atomic E-state index is 12.5. The standard InChI is InChI=1S/C15H24N2O2/c1-5-15(3,10-16)14(19)17(4)11(2)12-8-6-7-9-13(12)18/h6-9,11,18H,5,10,16H2,1-4H3. The Morgan fingerprint density at radius 2 is 2.05 bits per heavy atom. The number of phenols is 1. The number of nitrogens with zero attached hydrogens (tertiary/aromatic N) is 1. The molecule has 0 aliphatic heterocycles. The Hall–Kier alpha value is -1.55. The number of para-hydroxylation sites is 1. The maximum absolute atomic E-state index is 12.5. The summed E-state index contributed by atoms with van der Waals surface area (Å²) in [5.74, 6) is 0.217. The molecule has 2 atom stereocenters. The van der Waals surface area contributed by atoms with Crippen molar-refractivity contribution < 1.29 is 9.90 Å². The molecule has 2 unspecified atom stereocenters. The van der Waals surface area contributed by atoms with Gasteiger partial charge in [-0.15, -0.1) is 0 Å². The van der Waals surface area contributed by atoms with Gasteiger partial charge in [-0.1, -0.05) is 25.1 Å². The second-order valence-corrected chi connectivity index (χ2v) is 5.27. The van der Waals surface area contributed by atoms with Crippen LogP contribution in [-0.2, 0) is 4.79 Å². The molecule has 0 fully saturated rings. The summed E-state index contributed by atoms with van der Waals surface area (Å²) in [6.07, 6.45) is 0.695. The predicted octanol–water partition coefficient (Wildman–Crippen LogP) is 2.29. The lowest BCUT2D eigenvalue weighted by Gasteiger charge is -2.34. The fourth-order valence-corrected chi connectivity index (χ4v) is 2.03. The molecular formula is C15H24N2O2. The van der Waals surface area contributed by atoms with Crippen molar-refractivity contribution in [1.29, 1.82) is 0 Å². The minimum absolute atomic E-state index is 0.00764. The SMILES string of the molecule is CCC(C)(CN)C(=O)N(C)C(C)c1ccccc1O. The van der Waals surface area contributed by atoms with Crippen molar-refractivity contribution in [3.8, 4) is 5.75 Å². The molecule has 0 saturated carbocycles. The molecule has 0 aliphatic carbocycles. The number of hydrogen-bond donors (Lipinski definition) is 2. The summed E-state index contributed by atoms with van der Waals surface area (Å²) in [5, 5.41) is 9.87. The lowest BCUT2D eigenvalue weighted by molar-refractivity contribution is -0.141. The fourth-order valence-electron chi connectivity index (χ4n) is 2.03. The van der Waals surface area contributed by atoms with Gasteiger partial charge in [-0.05, 0) is 26.3 Å². The number of carbonyl (C=O) groups excluding carboxylic acids is 1. The maximum Gasteiger partial charge on any atom is 0.230 e. The van der Waals surface area contributed by atoms with Crippen molar-refractivity contribution >= 4 is 5.91 Å². The van der Waals surface area contributed by atoms with Gasteiger partial charge in [0.1, 0.15) is 5.75 Å². The highest BCUT2D eigenvalue weighted by Crippen LogP contribution is 2.31. The summed E-state index contributed by atoms with van der Waals surface area (Å²) in [5.41, 5.74) is 5.92. The van der Waals surface area contributed by atoms with Gasteiger partial charge in [0.2, 0.25) is 5.91 Å². The summed E-state index contributed by atoms with van der Waals surface area (Å²) >= 11 is 0. The summed E-state index contributed by atoms with van der Waals surface area (Å²) < 4.78 is 0. The molecular weight excluding hydrogens is 240 g/mol. The molecule has 0 heterocycles. The summed E-state index contributed by atoms with van der Waals surface area (Å²) in [4.78, 5) is 14.2. The van der Waals surface area contributed by atoms with Gasteiger partial charge in [0.05, 0.1) is 11.5 Å². The van der Waals surface area contributed by atoms with Crippen LogP contribution in [0.2, 0.25) is 0 Å². The number of hydrogen-bond acceptors (Lipinski definition) is 3. The van der Waals surface area contributed by atoms with Crippen LogP contribution in [0.4, 0.5) is 0 Å². The van der Waals surface area contributed by atoms with Gasteiger partial charge < -0.3 is 15.7 Å². The Kier molecular flexibility index (Phi) is 4.95. The zero-order valence-corrected chi connectivity index (χ0v) is 12.2. The lowest BCUT2D eigenvalue weighted by atomic mass is 9.85. The quantitative estimate of drug-likeness (QED) is 0.857. The van der Waals surface area contributed by atoms with Crippen LogP contribution in [0.25, 0.3) is 0 Å². The molecule has 4 heteroatoms. The van der Waals surface area contributed by atoms with Gasteiger partial charge in [-0.25, -0.2) is 0 Å². The summed E-state index contributed by atoms with van der Waals surface area (Å²) in [6, 6.07) is 6.89. The Morgan fingerprint density at radius 1 is 1.47 bits per heavy atom. The van der Waals surface area contributed by atoms with Gasteiger partial charge in [-0.2, -0.15) is 0 Å². The zero-order valence-electron chi connectivity index (χ0n) is 12.2. The molecule has 4 nitrogen and oxygen atoms in total. The number of carbonyl (C=O) groups is 1. The molecule has 0 aliphatic rings. The molecule has 0 saturated heterocycles. The average Bonchev–Trinajstić information content (AvgIpc) is 2.44. The van der Waals surface area contributed by atoms with Crippen LogP contribution >= 0.6 is 0 Å². The van der Waals surface area contributed by atoms with E-state index in [1.54, 1.807) is 24.1 Å². The van der Waals surface area contributed by atoms with Gasteiger partial charge in [0, 0.05) is 19.2 Å². The third kappa shape index (κ3) is 3.07. The molecule has 1 amide bonds. The highest BCUT2D eigenvalue weighted by atomic mass is 16.3. The van der Waals surface area contributed by atoms with Crippen molar-refractivity contribution in [1.82, 2.24) is 4.90 Å². The first kappa shape index (κ1) is 15.5. The van der Waals surface area contributed by atoms with Crippen molar-refractivity contribution in [2.45, 2.75) is 33.2 Å². The monoisotopic (exact) mass is 264 g/mol. The van der Waals surface area contributed by atoms with E-state index in [0.29, 0.717) is 13.0 Å². The van der Waals surface area contributed by atoms with Gasteiger partial charge in [0.25, 0.3) is 0 Å². The number of rotatable bonds is 5. The highest BCUT2D eigenvalue weighted by molar-refractivity contribution is 5.82. The van der Waals surface area contributed by atoms with Crippen LogP contribution in [0.3, 0.4) is 0 Å². The van der Waals surface area contributed by atoms with E-state index in [0.717, 1.165) is 5.56 Å². The molecule has 106 valence electrons. The third-order valence-electron chi connectivity index (χ3n) is 4.04. The highest BCUT2D eigenvalue weighted by Gasteiger charge is 2.34. The number of benzene rings is 1. The van der Waals surface area contributed by atoms with E-state index >= 15 is 0 Å². The largest absolute Gasteiger partial charge is 0.508 e. The zero-order chi connectivity index (χ0) is 14.6. The average molecular weight is 264 g/mol. The van der Waals surface area contributed by atoms with E-state index in [9.17, 15) is 9.90 Å². The fraction of sp³-hybridized carbons (Fsp3) is 0.533. The van der Waals surface area contributed by atoms with Crippen LogP contribution in [0.1, 0.15) is 38.8 Å². The van der Waals surface area contributed by atoms with Crippen molar-refractivity contribution in [3.05, 3.63) is 29.8 Å². The molecule has 1 rings (SSSR count). The Morgan fingerprint density at radius 3 is 2.53 bits per heavy atom. The first-order chi connectivity index (χ1) is 8.87. The molecule has 0 aromatic heterocycles. The second-order valence-electron chi connectivity index (χ2n) is 5.27. The number of phenolic OH excluding ortho intramolecular Hbond substituents is 1. The Balaban J connectivity index is 2.98. The van der Waals surface area contributed by atoms with E-state index in [2.05, 4.69) is 0 Å². The Bertz CT molecular complexity index is 442. The van der Waals surface area contributed by atoms with E-state index in [1.807, 2.05) is 32.9 Å². The van der Waals surface area contributed by atoms with Crippen molar-refractivity contribution in [3.63, 3.8) is 0 Å². The van der Waals surface area contributed by atoms with Gasteiger partial charge >= 0.3 is 0 Å². The van der Waals surface area contributed by atoms with Crippen LogP contribution in [0, 0.1) is 5.41 Å². The minimum Gasteiger partial charge on any atom is -0.508 e. The van der Waals surface area contributed by atoms with Crippen molar-refractivity contribution in [2.24, 2.45) is 11.1 Å². The number of aromatic hydroxyl groups is 1. The number of amides is 1. The van der Waals surface area contributed by atoms with Crippen LogP contribution in [0.5, 0.6) is 5.75 Å². The van der Waals surface area contributed by atoms with Crippen LogP contribution < -0.4 is 5.73 Å². The predicted molar refractivity (Wildman–Crippen MR) is 76.7 cm³/mol. The number of nitrogens with two attached hydrogens (primary N) is 1. The molecule has 0 radical (unpaired) electrons. The first-order valence-electron chi connectivity index (χ1n) is 6.62. The molecule has 19 heavy (non-hydrogen) atoms.